The topological polar surface area (TPSA) is 58.9 Å². The average molecular weight is 413 g/mol. The minimum atomic E-state index is -0.356. The van der Waals surface area contributed by atoms with Gasteiger partial charge in [-0.15, -0.1) is 0 Å². The van der Waals surface area contributed by atoms with Gasteiger partial charge in [0.05, 0.1) is 6.61 Å². The zero-order valence-corrected chi connectivity index (χ0v) is 17.5. The molecule has 2 N–H and O–H groups in total. The van der Waals surface area contributed by atoms with E-state index in [1.54, 1.807) is 13.0 Å². The van der Waals surface area contributed by atoms with Crippen LogP contribution in [0.5, 0.6) is 5.75 Å². The summed E-state index contributed by atoms with van der Waals surface area (Å²) in [4.78, 5) is 3.54. The smallest absolute Gasteiger partial charge is 0.186 e. The van der Waals surface area contributed by atoms with Crippen LogP contribution in [0, 0.1) is 5.82 Å². The van der Waals surface area contributed by atoms with E-state index in [0.717, 1.165) is 21.9 Å². The van der Waals surface area contributed by atoms with Gasteiger partial charge in [0, 0.05) is 32.7 Å². The number of aryl methyl sites for hydroxylation is 1. The van der Waals surface area contributed by atoms with Crippen LogP contribution in [0.1, 0.15) is 44.7 Å². The minimum Gasteiger partial charge on any atom is -0.468 e. The van der Waals surface area contributed by atoms with Crippen LogP contribution in [0.2, 0.25) is 0 Å². The van der Waals surface area contributed by atoms with Crippen LogP contribution in [-0.2, 0) is 44.0 Å². The van der Waals surface area contributed by atoms with Crippen molar-refractivity contribution in [2.45, 2.75) is 40.0 Å². The molecule has 131 valence electrons. The van der Waals surface area contributed by atoms with Crippen molar-refractivity contribution in [2.24, 2.45) is 0 Å². The molecule has 0 aliphatic carbocycles. The Morgan fingerprint density at radius 1 is 1.17 bits per heavy atom. The molecule has 2 aromatic carbocycles. The Morgan fingerprint density at radius 3 is 2.25 bits per heavy atom. The molecule has 0 spiro atoms. The van der Waals surface area contributed by atoms with Gasteiger partial charge in [0.1, 0.15) is 11.6 Å². The van der Waals surface area contributed by atoms with Crippen molar-refractivity contribution in [3.8, 4) is 5.75 Å². The molecule has 0 aromatic heterocycles. The zero-order valence-electron chi connectivity index (χ0n) is 14.7. The molecule has 0 aliphatic rings. The molecule has 4 nitrogen and oxygen atoms in total. The van der Waals surface area contributed by atoms with Crippen LogP contribution < -0.4 is 4.74 Å². The zero-order chi connectivity index (χ0) is 17.4. The summed E-state index contributed by atoms with van der Waals surface area (Å²) >= 11 is 0. The van der Waals surface area contributed by atoms with Gasteiger partial charge in [-0.1, -0.05) is 26.8 Å². The molecule has 0 saturated carbocycles. The molecule has 0 saturated heterocycles. The van der Waals surface area contributed by atoms with E-state index in [9.17, 15) is 4.39 Å². The van der Waals surface area contributed by atoms with E-state index < -0.39 is 0 Å². The van der Waals surface area contributed by atoms with Gasteiger partial charge in [-0.2, -0.15) is 0 Å². The molecule has 0 fully saturated rings. The molecule has 0 atom stereocenters. The Bertz CT molecular complexity index is 630. The Hall–Kier alpha value is -0.586. The number of hydrogen-bond acceptors (Lipinski definition) is 4. The van der Waals surface area contributed by atoms with Crippen molar-refractivity contribution in [3.05, 3.63) is 41.2 Å². The number of aliphatic hydroxyl groups is 1. The minimum absolute atomic E-state index is 0. The van der Waals surface area contributed by atoms with Gasteiger partial charge in [0.25, 0.3) is 0 Å². The molecular formula is C18H25FO4Y. The first-order valence-corrected chi connectivity index (χ1v) is 7.75. The van der Waals surface area contributed by atoms with Gasteiger partial charge in [0.15, 0.2) is 6.79 Å². The number of rotatable bonds is 5. The van der Waals surface area contributed by atoms with Crippen LogP contribution >= 0.6 is 0 Å². The first kappa shape index (κ1) is 23.4. The summed E-state index contributed by atoms with van der Waals surface area (Å²) in [6.45, 7) is 7.83. The van der Waals surface area contributed by atoms with E-state index >= 15 is 0 Å². The van der Waals surface area contributed by atoms with Crippen LogP contribution in [0.15, 0.2) is 24.3 Å². The molecule has 0 unspecified atom stereocenters. The first-order chi connectivity index (χ1) is 11.0. The van der Waals surface area contributed by atoms with E-state index in [-0.39, 0.29) is 51.2 Å². The van der Waals surface area contributed by atoms with Crippen molar-refractivity contribution < 1.29 is 57.1 Å². The van der Waals surface area contributed by atoms with Gasteiger partial charge in [0.2, 0.25) is 0 Å². The Labute approximate surface area is 167 Å². The van der Waals surface area contributed by atoms with Crippen molar-refractivity contribution in [3.63, 3.8) is 0 Å². The molecule has 6 heteroatoms. The summed E-state index contributed by atoms with van der Waals surface area (Å²) in [7, 11) is 0. The maximum Gasteiger partial charge on any atom is 0.186 e. The van der Waals surface area contributed by atoms with Crippen LogP contribution in [0.25, 0.3) is 10.8 Å². The fourth-order valence-corrected chi connectivity index (χ4v) is 2.48. The van der Waals surface area contributed by atoms with Crippen molar-refractivity contribution >= 4 is 10.8 Å². The van der Waals surface area contributed by atoms with Gasteiger partial charge < -0.3 is 9.84 Å². The van der Waals surface area contributed by atoms with E-state index in [1.165, 1.54) is 6.07 Å². The summed E-state index contributed by atoms with van der Waals surface area (Å²) in [5, 5.41) is 18.2. The fourth-order valence-electron chi connectivity index (χ4n) is 2.48. The van der Waals surface area contributed by atoms with Crippen molar-refractivity contribution in [1.82, 2.24) is 0 Å². The SMILES string of the molecule is CCOO.CCc1c(F)ccc2cc(OCO)cc(C(C)C)c12.[Y]. The van der Waals surface area contributed by atoms with E-state index in [2.05, 4.69) is 18.7 Å². The van der Waals surface area contributed by atoms with Gasteiger partial charge in [-0.05, 0) is 59.4 Å². The third-order valence-electron chi connectivity index (χ3n) is 3.51. The molecule has 2 rings (SSSR count). The summed E-state index contributed by atoms with van der Waals surface area (Å²) in [5.41, 5.74) is 1.80. The Kier molecular flexibility index (Phi) is 11.6. The molecule has 2 aromatic rings. The third-order valence-corrected chi connectivity index (χ3v) is 3.51. The quantitative estimate of drug-likeness (QED) is 0.431. The molecule has 0 amide bonds. The Morgan fingerprint density at radius 2 is 1.79 bits per heavy atom. The molecule has 1 radical (unpaired) electrons. The second-order valence-electron chi connectivity index (χ2n) is 5.34. The Balaban J connectivity index is 0.000000954. The number of ether oxygens (including phenoxy) is 1. The van der Waals surface area contributed by atoms with Gasteiger partial charge in [-0.25, -0.2) is 9.28 Å². The first-order valence-electron chi connectivity index (χ1n) is 7.75. The largest absolute Gasteiger partial charge is 0.468 e. The van der Waals surface area contributed by atoms with Gasteiger partial charge >= 0.3 is 0 Å². The average Bonchev–Trinajstić information content (AvgIpc) is 2.54. The van der Waals surface area contributed by atoms with Crippen LogP contribution in [-0.4, -0.2) is 23.8 Å². The molecular weight excluding hydrogens is 388 g/mol. The number of fused-ring (bicyclic) bond motifs is 1. The molecule has 0 heterocycles. The number of benzene rings is 2. The van der Waals surface area contributed by atoms with Crippen molar-refractivity contribution in [1.29, 1.82) is 0 Å². The maximum absolute atomic E-state index is 13.9. The van der Waals surface area contributed by atoms with Crippen LogP contribution in [0.4, 0.5) is 4.39 Å². The number of aliphatic hydroxyl groups excluding tert-OH is 1. The van der Waals surface area contributed by atoms with E-state index in [0.29, 0.717) is 18.8 Å². The summed E-state index contributed by atoms with van der Waals surface area (Å²) in [6, 6.07) is 6.99. The maximum atomic E-state index is 13.9. The van der Waals surface area contributed by atoms with Crippen molar-refractivity contribution in [2.75, 3.05) is 13.4 Å². The molecule has 0 bridgehead atoms. The van der Waals surface area contributed by atoms with E-state index in [4.69, 9.17) is 15.1 Å². The predicted molar refractivity (Wildman–Crippen MR) is 89.3 cm³/mol. The summed E-state index contributed by atoms with van der Waals surface area (Å²) in [6.07, 6.45) is 0.656. The molecule has 0 aliphatic heterocycles. The number of hydrogen-bond donors (Lipinski definition) is 2. The summed E-state index contributed by atoms with van der Waals surface area (Å²) in [5.74, 6) is 0.719. The predicted octanol–water partition coefficient (Wildman–Crippen LogP) is 4.49. The molecule has 24 heavy (non-hydrogen) atoms. The fraction of sp³-hybridized carbons (Fsp3) is 0.444. The monoisotopic (exact) mass is 413 g/mol. The standard InChI is InChI=1S/C16H19FO2.C2H6O2.Y/c1-4-13-15(17)6-5-11-7-12(19-9-18)8-14(10(2)3)16(11)13;1-2-4-3;/h5-8,10,18H,4,9H2,1-3H3;3H,2H2,1H3;. The number of halogens is 1. The second-order valence-corrected chi connectivity index (χ2v) is 5.34. The third kappa shape index (κ3) is 6.05. The normalized spacial score (nSPS) is 10.2. The van der Waals surface area contributed by atoms with Gasteiger partial charge in [-0.3, -0.25) is 5.26 Å². The second kappa shape index (κ2) is 11.9. The van der Waals surface area contributed by atoms with Crippen LogP contribution in [0.3, 0.4) is 0 Å². The van der Waals surface area contributed by atoms with E-state index in [1.807, 2.05) is 19.1 Å². The summed E-state index contributed by atoms with van der Waals surface area (Å²) < 4.78 is 19.1.